The lowest BCUT2D eigenvalue weighted by Gasteiger charge is -2.36. The van der Waals surface area contributed by atoms with Crippen molar-refractivity contribution < 1.29 is 8.78 Å². The van der Waals surface area contributed by atoms with Crippen LogP contribution in [0, 0.1) is 6.92 Å². The fourth-order valence-electron chi connectivity index (χ4n) is 4.47. The Labute approximate surface area is 157 Å². The summed E-state index contributed by atoms with van der Waals surface area (Å²) < 4.78 is 29.0. The van der Waals surface area contributed by atoms with Crippen LogP contribution < -0.4 is 11.3 Å². The fraction of sp³-hybridized carbons (Fsp3) is 0.579. The molecule has 1 aromatic heterocycles. The van der Waals surface area contributed by atoms with E-state index in [0.29, 0.717) is 42.5 Å². The van der Waals surface area contributed by atoms with Crippen LogP contribution in [0.25, 0.3) is 10.9 Å². The largest absolute Gasteiger partial charge is 0.324 e. The zero-order valence-corrected chi connectivity index (χ0v) is 15.8. The third-order valence-corrected chi connectivity index (χ3v) is 5.95. The van der Waals surface area contributed by atoms with Crippen LogP contribution in [0.5, 0.6) is 0 Å². The highest BCUT2D eigenvalue weighted by atomic mass is 35.5. The number of aromatic nitrogens is 2. The molecule has 1 spiro atoms. The van der Waals surface area contributed by atoms with E-state index in [9.17, 15) is 13.6 Å². The lowest BCUT2D eigenvalue weighted by Crippen LogP contribution is -2.37. The molecule has 4 nitrogen and oxygen atoms in total. The predicted octanol–water partition coefficient (Wildman–Crippen LogP) is 4.00. The summed E-state index contributed by atoms with van der Waals surface area (Å²) in [5.41, 5.74) is 8.09. The van der Waals surface area contributed by atoms with Crippen LogP contribution >= 0.6 is 12.4 Å². The van der Waals surface area contributed by atoms with Gasteiger partial charge in [0.1, 0.15) is 5.82 Å². The van der Waals surface area contributed by atoms with E-state index in [4.69, 9.17) is 10.7 Å². The van der Waals surface area contributed by atoms with Crippen molar-refractivity contribution in [2.45, 2.75) is 69.9 Å². The Balaban J connectivity index is 0.00000196. The molecule has 0 radical (unpaired) electrons. The van der Waals surface area contributed by atoms with Crippen molar-refractivity contribution in [2.75, 3.05) is 0 Å². The number of benzene rings is 1. The van der Waals surface area contributed by atoms with Crippen molar-refractivity contribution >= 4 is 23.3 Å². The van der Waals surface area contributed by atoms with Crippen LogP contribution in [0.2, 0.25) is 0 Å². The van der Waals surface area contributed by atoms with Crippen molar-refractivity contribution in [3.05, 3.63) is 39.4 Å². The summed E-state index contributed by atoms with van der Waals surface area (Å²) in [4.78, 5) is 17.9. The number of hydrogen-bond acceptors (Lipinski definition) is 3. The normalized spacial score (nSPS) is 21.4. The van der Waals surface area contributed by atoms with Gasteiger partial charge in [0, 0.05) is 30.8 Å². The first-order chi connectivity index (χ1) is 11.7. The van der Waals surface area contributed by atoms with Gasteiger partial charge in [-0.15, -0.1) is 12.4 Å². The van der Waals surface area contributed by atoms with Crippen molar-refractivity contribution in [2.24, 2.45) is 5.73 Å². The monoisotopic (exact) mass is 383 g/mol. The van der Waals surface area contributed by atoms with Gasteiger partial charge in [0.25, 0.3) is 5.56 Å². The first-order valence-electron chi connectivity index (χ1n) is 8.91. The van der Waals surface area contributed by atoms with Crippen LogP contribution in [0.15, 0.2) is 16.9 Å². The van der Waals surface area contributed by atoms with E-state index in [-0.39, 0.29) is 36.8 Å². The maximum atomic E-state index is 13.7. The molecule has 1 aliphatic carbocycles. The summed E-state index contributed by atoms with van der Waals surface area (Å²) in [7, 11) is 0. The Morgan fingerprint density at radius 3 is 2.46 bits per heavy atom. The smallest absolute Gasteiger partial charge is 0.261 e. The second-order valence-electron chi connectivity index (χ2n) is 7.82. The predicted molar refractivity (Wildman–Crippen MR) is 100 cm³/mol. The van der Waals surface area contributed by atoms with E-state index in [1.165, 1.54) is 0 Å². The average Bonchev–Trinajstić information content (AvgIpc) is 2.90. The molecule has 7 heteroatoms. The van der Waals surface area contributed by atoms with Gasteiger partial charge in [-0.25, -0.2) is 13.8 Å². The second kappa shape index (κ2) is 6.27. The maximum absolute atomic E-state index is 13.7. The molecular formula is C19H24ClF2N3O. The first-order valence-corrected chi connectivity index (χ1v) is 8.91. The first kappa shape index (κ1) is 19.2. The summed E-state index contributed by atoms with van der Waals surface area (Å²) in [6.07, 6.45) is 1.23. The van der Waals surface area contributed by atoms with E-state index >= 15 is 0 Å². The molecule has 2 heterocycles. The fourth-order valence-corrected chi connectivity index (χ4v) is 4.47. The van der Waals surface area contributed by atoms with E-state index in [0.717, 1.165) is 11.1 Å². The third-order valence-electron chi connectivity index (χ3n) is 5.95. The molecule has 0 bridgehead atoms. The molecule has 1 aromatic carbocycles. The number of alkyl halides is 2. The molecule has 1 saturated carbocycles. The number of fused-ring (bicyclic) bond motifs is 3. The Kier molecular flexibility index (Phi) is 4.64. The molecule has 4 rings (SSSR count). The highest BCUT2D eigenvalue weighted by molar-refractivity contribution is 5.85. The van der Waals surface area contributed by atoms with Gasteiger partial charge >= 0.3 is 0 Å². The molecule has 0 unspecified atom stereocenters. The molecule has 2 aromatic rings. The number of nitrogens with two attached hydrogens (primary N) is 1. The SMILES string of the molecule is Cc1cc([C@@H](C)N)c2nc3n(c(=O)c2c1)CCC31CCC(F)(F)CC1.Cl. The molecule has 1 fully saturated rings. The van der Waals surface area contributed by atoms with Gasteiger partial charge < -0.3 is 5.73 Å². The Morgan fingerprint density at radius 1 is 1.19 bits per heavy atom. The highest BCUT2D eigenvalue weighted by Gasteiger charge is 2.49. The molecule has 0 amide bonds. The van der Waals surface area contributed by atoms with Gasteiger partial charge in [0.2, 0.25) is 5.92 Å². The second-order valence-corrected chi connectivity index (χ2v) is 7.82. The Hall–Kier alpha value is -1.53. The van der Waals surface area contributed by atoms with E-state index < -0.39 is 11.3 Å². The topological polar surface area (TPSA) is 60.9 Å². The standard InChI is InChI=1S/C19H23F2N3O.ClH/c1-11-9-13(12(2)22)15-14(10-11)16(25)24-8-7-18(17(24)23-15)3-5-19(20,21)6-4-18;/h9-10,12H,3-8,22H2,1-2H3;1H/t12-;/m1./s1. The number of aryl methyl sites for hydroxylation is 1. The quantitative estimate of drug-likeness (QED) is 0.809. The van der Waals surface area contributed by atoms with Crippen molar-refractivity contribution in [3.63, 3.8) is 0 Å². The molecule has 1 atom stereocenters. The molecule has 26 heavy (non-hydrogen) atoms. The lowest BCUT2D eigenvalue weighted by molar-refractivity contribution is -0.0523. The minimum Gasteiger partial charge on any atom is -0.324 e. The molecule has 1 aliphatic heterocycles. The third kappa shape index (κ3) is 2.83. The van der Waals surface area contributed by atoms with Gasteiger partial charge in [-0.05, 0) is 50.3 Å². The van der Waals surface area contributed by atoms with Crippen molar-refractivity contribution in [1.82, 2.24) is 9.55 Å². The summed E-state index contributed by atoms with van der Waals surface area (Å²) in [5.74, 6) is -1.91. The number of rotatable bonds is 1. The van der Waals surface area contributed by atoms with Crippen LogP contribution in [-0.4, -0.2) is 15.5 Å². The van der Waals surface area contributed by atoms with E-state index in [1.54, 1.807) is 4.57 Å². The highest BCUT2D eigenvalue weighted by Crippen LogP contribution is 2.49. The van der Waals surface area contributed by atoms with Gasteiger partial charge in [-0.3, -0.25) is 9.36 Å². The lowest BCUT2D eigenvalue weighted by atomic mass is 9.71. The van der Waals surface area contributed by atoms with Gasteiger partial charge in [-0.1, -0.05) is 6.07 Å². The maximum Gasteiger partial charge on any atom is 0.261 e. The van der Waals surface area contributed by atoms with Crippen LogP contribution in [0.3, 0.4) is 0 Å². The number of hydrogen-bond donors (Lipinski definition) is 1. The molecule has 2 N–H and O–H groups in total. The summed E-state index contributed by atoms with van der Waals surface area (Å²) >= 11 is 0. The van der Waals surface area contributed by atoms with Crippen LogP contribution in [0.4, 0.5) is 8.78 Å². The Bertz CT molecular complexity index is 913. The van der Waals surface area contributed by atoms with E-state index in [1.807, 2.05) is 26.0 Å². The van der Waals surface area contributed by atoms with Gasteiger partial charge in [-0.2, -0.15) is 0 Å². The zero-order chi connectivity index (χ0) is 18.0. The van der Waals surface area contributed by atoms with Gasteiger partial charge in [0.15, 0.2) is 0 Å². The molecule has 0 saturated heterocycles. The van der Waals surface area contributed by atoms with E-state index in [2.05, 4.69) is 0 Å². The molecule has 142 valence electrons. The summed E-state index contributed by atoms with van der Waals surface area (Å²) in [5, 5.41) is 0.578. The summed E-state index contributed by atoms with van der Waals surface area (Å²) in [6, 6.07) is 3.57. The zero-order valence-electron chi connectivity index (χ0n) is 15.0. The number of halogens is 3. The van der Waals surface area contributed by atoms with Crippen molar-refractivity contribution in [3.8, 4) is 0 Å². The molecule has 2 aliphatic rings. The average molecular weight is 384 g/mol. The van der Waals surface area contributed by atoms with Crippen LogP contribution in [0.1, 0.15) is 62.0 Å². The van der Waals surface area contributed by atoms with Crippen molar-refractivity contribution in [1.29, 1.82) is 0 Å². The Morgan fingerprint density at radius 2 is 1.85 bits per heavy atom. The minimum atomic E-state index is -2.59. The van der Waals surface area contributed by atoms with Gasteiger partial charge in [0.05, 0.1) is 10.9 Å². The minimum absolute atomic E-state index is 0. The number of nitrogens with zero attached hydrogens (tertiary/aromatic N) is 2. The summed E-state index contributed by atoms with van der Waals surface area (Å²) in [6.45, 7) is 4.37. The van der Waals surface area contributed by atoms with Crippen LogP contribution in [-0.2, 0) is 12.0 Å². The molecular weight excluding hydrogens is 360 g/mol.